The molecule has 0 amide bonds. The van der Waals surface area contributed by atoms with Crippen molar-refractivity contribution in [2.75, 3.05) is 5.73 Å². The Labute approximate surface area is 99.7 Å². The monoisotopic (exact) mass is 229 g/mol. The Kier molecular flexibility index (Phi) is 2.33. The number of nitrogens with two attached hydrogens (primary N) is 1. The molecule has 0 fully saturated rings. The lowest BCUT2D eigenvalue weighted by molar-refractivity contribution is 0.474. The van der Waals surface area contributed by atoms with Gasteiger partial charge in [-0.25, -0.2) is 4.68 Å². The lowest BCUT2D eigenvalue weighted by Crippen LogP contribution is -2.29. The highest BCUT2D eigenvalue weighted by atomic mass is 15.4. The molecule has 1 aliphatic heterocycles. The predicted octanol–water partition coefficient (Wildman–Crippen LogP) is 0.784. The molecular weight excluding hydrogens is 214 g/mol. The molecule has 2 heterocycles. The lowest BCUT2D eigenvalue weighted by atomic mass is 9.96. The van der Waals surface area contributed by atoms with E-state index in [0.717, 1.165) is 18.8 Å². The van der Waals surface area contributed by atoms with Gasteiger partial charge in [0.2, 0.25) is 5.95 Å². The quantitative estimate of drug-likeness (QED) is 0.758. The number of nitrogens with zero attached hydrogens (tertiary/aromatic N) is 3. The van der Waals surface area contributed by atoms with E-state index >= 15 is 0 Å². The van der Waals surface area contributed by atoms with Crippen LogP contribution in [0, 0.1) is 0 Å². The molecule has 1 atom stereocenters. The van der Waals surface area contributed by atoms with Gasteiger partial charge in [-0.05, 0) is 17.5 Å². The summed E-state index contributed by atoms with van der Waals surface area (Å²) in [5.41, 5.74) is 8.42. The van der Waals surface area contributed by atoms with Crippen LogP contribution in [-0.2, 0) is 20.0 Å². The third-order valence-electron chi connectivity index (χ3n) is 3.21. The zero-order valence-electron chi connectivity index (χ0n) is 9.72. The number of aryl methyl sites for hydroxylation is 1. The number of hydrogen-bond donors (Lipinski definition) is 2. The minimum absolute atomic E-state index is 0.161. The van der Waals surface area contributed by atoms with Crippen LogP contribution in [0.5, 0.6) is 0 Å². The van der Waals surface area contributed by atoms with Gasteiger partial charge in [-0.2, -0.15) is 10.1 Å². The zero-order valence-corrected chi connectivity index (χ0v) is 9.72. The summed E-state index contributed by atoms with van der Waals surface area (Å²) in [6.45, 7) is 0.860. The average molecular weight is 229 g/mol. The zero-order chi connectivity index (χ0) is 11.8. The molecule has 0 radical (unpaired) electrons. The Hall–Kier alpha value is -1.88. The van der Waals surface area contributed by atoms with Crippen molar-refractivity contribution in [3.8, 4) is 0 Å². The smallest absolute Gasteiger partial charge is 0.218 e. The molecule has 0 unspecified atom stereocenters. The minimum atomic E-state index is 0.161. The van der Waals surface area contributed by atoms with Crippen LogP contribution in [0.2, 0.25) is 0 Å². The van der Waals surface area contributed by atoms with E-state index in [0.29, 0.717) is 5.95 Å². The average Bonchev–Trinajstić information content (AvgIpc) is 2.69. The highest BCUT2D eigenvalue weighted by Gasteiger charge is 2.22. The van der Waals surface area contributed by atoms with Crippen LogP contribution in [0.15, 0.2) is 24.3 Å². The number of nitrogens with one attached hydrogen (secondary N) is 1. The normalized spacial score (nSPS) is 19.0. The van der Waals surface area contributed by atoms with Crippen LogP contribution >= 0.6 is 0 Å². The van der Waals surface area contributed by atoms with Gasteiger partial charge in [0, 0.05) is 13.6 Å². The third-order valence-corrected chi connectivity index (χ3v) is 3.21. The first-order valence-electron chi connectivity index (χ1n) is 5.70. The molecule has 1 aromatic heterocycles. The highest BCUT2D eigenvalue weighted by Crippen LogP contribution is 2.24. The van der Waals surface area contributed by atoms with Crippen molar-refractivity contribution >= 4 is 5.95 Å². The molecule has 0 aliphatic carbocycles. The first-order chi connectivity index (χ1) is 8.24. The topological polar surface area (TPSA) is 68.8 Å². The molecule has 5 heteroatoms. The second kappa shape index (κ2) is 3.85. The van der Waals surface area contributed by atoms with Gasteiger partial charge in [0.1, 0.15) is 0 Å². The third kappa shape index (κ3) is 1.78. The highest BCUT2D eigenvalue weighted by molar-refractivity contribution is 5.31. The van der Waals surface area contributed by atoms with Crippen LogP contribution in [0.1, 0.15) is 23.0 Å². The summed E-state index contributed by atoms with van der Waals surface area (Å²) in [4.78, 5) is 4.27. The summed E-state index contributed by atoms with van der Waals surface area (Å²) in [5.74, 6) is 1.24. The van der Waals surface area contributed by atoms with Crippen LogP contribution < -0.4 is 11.1 Å². The van der Waals surface area contributed by atoms with Crippen molar-refractivity contribution in [3.63, 3.8) is 0 Å². The maximum absolute atomic E-state index is 5.70. The fourth-order valence-electron chi connectivity index (χ4n) is 2.20. The van der Waals surface area contributed by atoms with E-state index in [-0.39, 0.29) is 6.04 Å². The lowest BCUT2D eigenvalue weighted by Gasteiger charge is -2.23. The molecular formula is C12H15N5. The second-order valence-corrected chi connectivity index (χ2v) is 4.36. The number of anilines is 1. The fourth-order valence-corrected chi connectivity index (χ4v) is 2.20. The number of fused-ring (bicyclic) bond motifs is 1. The molecule has 2 aromatic rings. The standard InChI is InChI=1S/C12H15N5/c1-17-12(13)15-11(16-17)10-6-8-4-2-3-5-9(8)7-14-10/h2-5,10,14H,6-7H2,1H3,(H2,13,15,16)/t10-/m0/s1. The molecule has 0 spiro atoms. The van der Waals surface area contributed by atoms with E-state index in [9.17, 15) is 0 Å². The minimum Gasteiger partial charge on any atom is -0.368 e. The Morgan fingerprint density at radius 1 is 1.35 bits per heavy atom. The van der Waals surface area contributed by atoms with Crippen LogP contribution in [-0.4, -0.2) is 14.8 Å². The van der Waals surface area contributed by atoms with Gasteiger partial charge in [0.15, 0.2) is 5.82 Å². The number of nitrogen functional groups attached to an aromatic ring is 1. The molecule has 1 aliphatic rings. The maximum atomic E-state index is 5.70. The Bertz CT molecular complexity index is 526. The van der Waals surface area contributed by atoms with E-state index in [1.165, 1.54) is 11.1 Å². The number of aromatic nitrogens is 3. The van der Waals surface area contributed by atoms with Crippen molar-refractivity contribution in [2.24, 2.45) is 7.05 Å². The van der Waals surface area contributed by atoms with Gasteiger partial charge in [0.05, 0.1) is 6.04 Å². The SMILES string of the molecule is Cn1nc([C@@H]2Cc3ccccc3CN2)nc1N. The van der Waals surface area contributed by atoms with Crippen LogP contribution in [0.3, 0.4) is 0 Å². The van der Waals surface area contributed by atoms with Crippen molar-refractivity contribution in [2.45, 2.75) is 19.0 Å². The fraction of sp³-hybridized carbons (Fsp3) is 0.333. The second-order valence-electron chi connectivity index (χ2n) is 4.36. The summed E-state index contributed by atoms with van der Waals surface area (Å²) in [6, 6.07) is 8.61. The van der Waals surface area contributed by atoms with Gasteiger partial charge < -0.3 is 11.1 Å². The van der Waals surface area contributed by atoms with Crippen molar-refractivity contribution in [1.82, 2.24) is 20.1 Å². The summed E-state index contributed by atoms with van der Waals surface area (Å²) in [7, 11) is 1.81. The van der Waals surface area contributed by atoms with Crippen LogP contribution in [0.25, 0.3) is 0 Å². The Morgan fingerprint density at radius 3 is 2.82 bits per heavy atom. The molecule has 88 valence electrons. The number of hydrogen-bond acceptors (Lipinski definition) is 4. The van der Waals surface area contributed by atoms with Gasteiger partial charge in [-0.3, -0.25) is 0 Å². The summed E-state index contributed by atoms with van der Waals surface area (Å²) >= 11 is 0. The van der Waals surface area contributed by atoms with Gasteiger partial charge in [0.25, 0.3) is 0 Å². The van der Waals surface area contributed by atoms with Crippen molar-refractivity contribution in [3.05, 3.63) is 41.2 Å². The molecule has 5 nitrogen and oxygen atoms in total. The van der Waals surface area contributed by atoms with E-state index in [2.05, 4.69) is 39.7 Å². The molecule has 0 bridgehead atoms. The summed E-state index contributed by atoms with van der Waals surface area (Å²) < 4.78 is 1.61. The Balaban J connectivity index is 1.89. The van der Waals surface area contributed by atoms with Gasteiger partial charge >= 0.3 is 0 Å². The molecule has 0 saturated heterocycles. The molecule has 17 heavy (non-hydrogen) atoms. The molecule has 1 aromatic carbocycles. The maximum Gasteiger partial charge on any atom is 0.218 e. The summed E-state index contributed by atoms with van der Waals surface area (Å²) in [5, 5.41) is 7.76. The number of benzene rings is 1. The summed E-state index contributed by atoms with van der Waals surface area (Å²) in [6.07, 6.45) is 0.916. The van der Waals surface area contributed by atoms with E-state index in [1.54, 1.807) is 4.68 Å². The Morgan fingerprint density at radius 2 is 2.12 bits per heavy atom. The van der Waals surface area contributed by atoms with Gasteiger partial charge in [-0.15, -0.1) is 0 Å². The first kappa shape index (κ1) is 10.3. The molecule has 3 rings (SSSR count). The number of rotatable bonds is 1. The van der Waals surface area contributed by atoms with E-state index in [1.807, 2.05) is 7.05 Å². The molecule has 3 N–H and O–H groups in total. The van der Waals surface area contributed by atoms with Crippen LogP contribution in [0.4, 0.5) is 5.95 Å². The van der Waals surface area contributed by atoms with Crippen molar-refractivity contribution in [1.29, 1.82) is 0 Å². The first-order valence-corrected chi connectivity index (χ1v) is 5.70. The predicted molar refractivity (Wildman–Crippen MR) is 65.1 cm³/mol. The van der Waals surface area contributed by atoms with Crippen molar-refractivity contribution < 1.29 is 0 Å². The van der Waals surface area contributed by atoms with E-state index in [4.69, 9.17) is 5.73 Å². The largest absolute Gasteiger partial charge is 0.368 e. The molecule has 0 saturated carbocycles. The van der Waals surface area contributed by atoms with Gasteiger partial charge in [-0.1, -0.05) is 24.3 Å². The van der Waals surface area contributed by atoms with E-state index < -0.39 is 0 Å².